The lowest BCUT2D eigenvalue weighted by Crippen LogP contribution is -2.16. The minimum absolute atomic E-state index is 0.0707. The van der Waals surface area contributed by atoms with Crippen LogP contribution < -0.4 is 10.5 Å². The SMILES string of the molecule is COCc1cc(F)c(OC)c(C(N)CO)c1. The monoisotopic (exact) mass is 229 g/mol. The summed E-state index contributed by atoms with van der Waals surface area (Å²) in [5.74, 6) is -0.433. The van der Waals surface area contributed by atoms with E-state index < -0.39 is 11.9 Å². The summed E-state index contributed by atoms with van der Waals surface area (Å²) in [5, 5.41) is 8.99. The number of benzene rings is 1. The Kier molecular flexibility index (Phi) is 4.67. The van der Waals surface area contributed by atoms with Crippen molar-refractivity contribution in [2.75, 3.05) is 20.8 Å². The van der Waals surface area contributed by atoms with Crippen molar-refractivity contribution in [1.29, 1.82) is 0 Å². The van der Waals surface area contributed by atoms with Crippen LogP contribution >= 0.6 is 0 Å². The lowest BCUT2D eigenvalue weighted by atomic mass is 10.0. The molecule has 4 nitrogen and oxygen atoms in total. The van der Waals surface area contributed by atoms with E-state index in [0.717, 1.165) is 0 Å². The summed E-state index contributed by atoms with van der Waals surface area (Å²) in [5.41, 5.74) is 6.76. The molecule has 0 saturated heterocycles. The molecule has 90 valence electrons. The molecule has 1 aromatic rings. The van der Waals surface area contributed by atoms with Crippen LogP contribution in [0.1, 0.15) is 17.2 Å². The topological polar surface area (TPSA) is 64.7 Å². The van der Waals surface area contributed by atoms with Crippen molar-refractivity contribution in [3.63, 3.8) is 0 Å². The van der Waals surface area contributed by atoms with Gasteiger partial charge >= 0.3 is 0 Å². The summed E-state index contributed by atoms with van der Waals surface area (Å²) >= 11 is 0. The van der Waals surface area contributed by atoms with Gasteiger partial charge < -0.3 is 20.3 Å². The largest absolute Gasteiger partial charge is 0.493 e. The number of aliphatic hydroxyl groups excluding tert-OH is 1. The zero-order valence-electron chi connectivity index (χ0n) is 9.37. The zero-order valence-corrected chi connectivity index (χ0v) is 9.37. The van der Waals surface area contributed by atoms with E-state index in [-0.39, 0.29) is 19.0 Å². The highest BCUT2D eigenvalue weighted by molar-refractivity contribution is 5.40. The van der Waals surface area contributed by atoms with E-state index in [2.05, 4.69) is 0 Å². The number of hydrogen-bond donors (Lipinski definition) is 2. The van der Waals surface area contributed by atoms with Crippen LogP contribution in [0.4, 0.5) is 4.39 Å². The van der Waals surface area contributed by atoms with Crippen LogP contribution in [0.15, 0.2) is 12.1 Å². The minimum Gasteiger partial charge on any atom is -0.493 e. The molecule has 0 radical (unpaired) electrons. The predicted molar refractivity (Wildman–Crippen MR) is 57.7 cm³/mol. The van der Waals surface area contributed by atoms with E-state index in [1.807, 2.05) is 0 Å². The molecule has 0 fully saturated rings. The molecule has 1 atom stereocenters. The fourth-order valence-corrected chi connectivity index (χ4v) is 1.51. The Morgan fingerprint density at radius 1 is 1.44 bits per heavy atom. The molecular weight excluding hydrogens is 213 g/mol. The number of methoxy groups -OCH3 is 2. The van der Waals surface area contributed by atoms with Crippen LogP contribution in [0.25, 0.3) is 0 Å². The van der Waals surface area contributed by atoms with Crippen LogP contribution in [-0.4, -0.2) is 25.9 Å². The Labute approximate surface area is 93.8 Å². The third-order valence-corrected chi connectivity index (χ3v) is 2.24. The summed E-state index contributed by atoms with van der Waals surface area (Å²) in [7, 11) is 2.88. The summed E-state index contributed by atoms with van der Waals surface area (Å²) in [4.78, 5) is 0. The highest BCUT2D eigenvalue weighted by Gasteiger charge is 2.16. The predicted octanol–water partition coefficient (Wildman–Crippen LogP) is 0.973. The second-order valence-electron chi connectivity index (χ2n) is 3.42. The molecule has 0 spiro atoms. The van der Waals surface area contributed by atoms with Crippen molar-refractivity contribution < 1.29 is 19.0 Å². The molecule has 0 aliphatic rings. The summed E-state index contributed by atoms with van der Waals surface area (Å²) in [6.07, 6.45) is 0. The lowest BCUT2D eigenvalue weighted by molar-refractivity contribution is 0.184. The average molecular weight is 229 g/mol. The van der Waals surface area contributed by atoms with Gasteiger partial charge in [0.05, 0.1) is 26.4 Å². The number of hydrogen-bond acceptors (Lipinski definition) is 4. The zero-order chi connectivity index (χ0) is 12.1. The first-order valence-corrected chi connectivity index (χ1v) is 4.85. The van der Waals surface area contributed by atoms with Crippen molar-refractivity contribution in [1.82, 2.24) is 0 Å². The van der Waals surface area contributed by atoms with Gasteiger partial charge in [-0.3, -0.25) is 0 Å². The fraction of sp³-hybridized carbons (Fsp3) is 0.455. The Hall–Kier alpha value is -1.17. The molecule has 1 aromatic carbocycles. The average Bonchev–Trinajstić information content (AvgIpc) is 2.27. The Morgan fingerprint density at radius 2 is 2.12 bits per heavy atom. The molecule has 1 rings (SSSR count). The first-order valence-electron chi connectivity index (χ1n) is 4.85. The van der Waals surface area contributed by atoms with Crippen LogP contribution in [-0.2, 0) is 11.3 Å². The maximum atomic E-state index is 13.6. The van der Waals surface area contributed by atoms with E-state index in [1.165, 1.54) is 20.3 Å². The third kappa shape index (κ3) is 2.69. The maximum absolute atomic E-state index is 13.6. The van der Waals surface area contributed by atoms with E-state index in [4.69, 9.17) is 20.3 Å². The Morgan fingerprint density at radius 3 is 2.62 bits per heavy atom. The van der Waals surface area contributed by atoms with Gasteiger partial charge in [-0.1, -0.05) is 0 Å². The van der Waals surface area contributed by atoms with Gasteiger partial charge in [0.1, 0.15) is 0 Å². The molecule has 0 aromatic heterocycles. The smallest absolute Gasteiger partial charge is 0.165 e. The number of rotatable bonds is 5. The van der Waals surface area contributed by atoms with Gasteiger partial charge in [0.2, 0.25) is 0 Å². The van der Waals surface area contributed by atoms with Crippen molar-refractivity contribution in [2.24, 2.45) is 5.73 Å². The van der Waals surface area contributed by atoms with Crippen LogP contribution in [0, 0.1) is 5.82 Å². The second kappa shape index (κ2) is 5.79. The van der Waals surface area contributed by atoms with Crippen LogP contribution in [0.3, 0.4) is 0 Å². The van der Waals surface area contributed by atoms with E-state index in [9.17, 15) is 4.39 Å². The normalized spacial score (nSPS) is 12.6. The van der Waals surface area contributed by atoms with Crippen molar-refractivity contribution in [3.05, 3.63) is 29.1 Å². The third-order valence-electron chi connectivity index (χ3n) is 2.24. The van der Waals surface area contributed by atoms with Gasteiger partial charge in [0.15, 0.2) is 11.6 Å². The molecule has 0 heterocycles. The minimum atomic E-state index is -0.666. The molecular formula is C11H16FNO3. The first kappa shape index (κ1) is 12.9. The molecule has 0 saturated carbocycles. The molecule has 1 unspecified atom stereocenters. The van der Waals surface area contributed by atoms with E-state index in [0.29, 0.717) is 11.1 Å². The molecule has 0 aliphatic carbocycles. The maximum Gasteiger partial charge on any atom is 0.165 e. The molecule has 0 aliphatic heterocycles. The molecule has 0 amide bonds. The van der Waals surface area contributed by atoms with Crippen molar-refractivity contribution >= 4 is 0 Å². The van der Waals surface area contributed by atoms with Crippen LogP contribution in [0.2, 0.25) is 0 Å². The van der Waals surface area contributed by atoms with Gasteiger partial charge in [-0.25, -0.2) is 4.39 Å². The fourth-order valence-electron chi connectivity index (χ4n) is 1.51. The standard InChI is InChI=1S/C11H16FNO3/c1-15-6-7-3-8(10(13)5-14)11(16-2)9(12)4-7/h3-4,10,14H,5-6,13H2,1-2H3. The Balaban J connectivity index is 3.19. The lowest BCUT2D eigenvalue weighted by Gasteiger charge is -2.15. The van der Waals surface area contributed by atoms with E-state index >= 15 is 0 Å². The number of ether oxygens (including phenoxy) is 2. The summed E-state index contributed by atoms with van der Waals surface area (Å²) in [6, 6.07) is 2.34. The quantitative estimate of drug-likeness (QED) is 0.789. The second-order valence-corrected chi connectivity index (χ2v) is 3.42. The molecule has 5 heteroatoms. The van der Waals surface area contributed by atoms with Crippen molar-refractivity contribution in [2.45, 2.75) is 12.6 Å². The number of aliphatic hydroxyl groups is 1. The Bertz CT molecular complexity index is 357. The molecule has 0 bridgehead atoms. The van der Waals surface area contributed by atoms with Gasteiger partial charge in [-0.15, -0.1) is 0 Å². The highest BCUT2D eigenvalue weighted by atomic mass is 19.1. The van der Waals surface area contributed by atoms with Crippen molar-refractivity contribution in [3.8, 4) is 5.75 Å². The summed E-state index contributed by atoms with van der Waals surface area (Å²) in [6.45, 7) is 0.0122. The number of halogens is 1. The number of nitrogens with two attached hydrogens (primary N) is 1. The van der Waals surface area contributed by atoms with Gasteiger partial charge in [-0.2, -0.15) is 0 Å². The van der Waals surface area contributed by atoms with Gasteiger partial charge in [-0.05, 0) is 17.7 Å². The molecule has 16 heavy (non-hydrogen) atoms. The highest BCUT2D eigenvalue weighted by Crippen LogP contribution is 2.28. The molecule has 3 N–H and O–H groups in total. The van der Waals surface area contributed by atoms with Gasteiger partial charge in [0, 0.05) is 12.7 Å². The first-order chi connectivity index (χ1) is 7.63. The van der Waals surface area contributed by atoms with Gasteiger partial charge in [0.25, 0.3) is 0 Å². The summed E-state index contributed by atoms with van der Waals surface area (Å²) < 4.78 is 23.5. The van der Waals surface area contributed by atoms with E-state index in [1.54, 1.807) is 6.07 Å². The van der Waals surface area contributed by atoms with Crippen LogP contribution in [0.5, 0.6) is 5.75 Å².